The van der Waals surface area contributed by atoms with Crippen LogP contribution in [0.2, 0.25) is 0 Å². The zero-order chi connectivity index (χ0) is 9.68. The minimum Gasteiger partial charge on any atom is -0.353 e. The Hall–Kier alpha value is -1.12. The molecule has 1 heterocycles. The third-order valence-corrected chi connectivity index (χ3v) is 2.12. The molecule has 1 amide bonds. The quantitative estimate of drug-likeness (QED) is 0.662. The van der Waals surface area contributed by atoms with Gasteiger partial charge in [0.05, 0.1) is 0 Å². The molecule has 13 heavy (non-hydrogen) atoms. The molecule has 72 valence electrons. The molecule has 1 N–H and O–H groups in total. The average Bonchev–Trinajstić information content (AvgIpc) is 2.45. The summed E-state index contributed by atoms with van der Waals surface area (Å²) < 4.78 is 0. The van der Waals surface area contributed by atoms with Crippen molar-refractivity contribution in [1.82, 2.24) is 5.32 Å². The number of rotatable bonds is 4. The summed E-state index contributed by atoms with van der Waals surface area (Å²) in [5.74, 6) is 0.232. The van der Waals surface area contributed by atoms with Crippen LogP contribution in [0.1, 0.15) is 32.6 Å². The van der Waals surface area contributed by atoms with Crippen molar-refractivity contribution in [3.8, 4) is 0 Å². The van der Waals surface area contributed by atoms with Gasteiger partial charge in [0, 0.05) is 12.5 Å². The van der Waals surface area contributed by atoms with Crippen molar-refractivity contribution in [3.05, 3.63) is 12.2 Å². The molecule has 0 spiro atoms. The SMILES string of the molecule is CC(=O)/C=C/CC[C@H]1CCC(=O)N1. The lowest BCUT2D eigenvalue weighted by atomic mass is 10.1. The second-order valence-corrected chi connectivity index (χ2v) is 3.39. The second-order valence-electron chi connectivity index (χ2n) is 3.39. The molecule has 3 heteroatoms. The maximum absolute atomic E-state index is 10.8. The Bertz CT molecular complexity index is 233. The molecule has 0 saturated carbocycles. The van der Waals surface area contributed by atoms with Gasteiger partial charge < -0.3 is 5.32 Å². The highest BCUT2D eigenvalue weighted by atomic mass is 16.2. The van der Waals surface area contributed by atoms with Crippen molar-refractivity contribution < 1.29 is 9.59 Å². The van der Waals surface area contributed by atoms with Crippen molar-refractivity contribution in [2.24, 2.45) is 0 Å². The van der Waals surface area contributed by atoms with E-state index in [2.05, 4.69) is 5.32 Å². The summed E-state index contributed by atoms with van der Waals surface area (Å²) in [7, 11) is 0. The van der Waals surface area contributed by atoms with E-state index in [1.807, 2.05) is 6.08 Å². The number of carbonyl (C=O) groups excluding carboxylic acids is 2. The van der Waals surface area contributed by atoms with E-state index in [1.165, 1.54) is 6.92 Å². The van der Waals surface area contributed by atoms with Crippen LogP contribution >= 0.6 is 0 Å². The van der Waals surface area contributed by atoms with Gasteiger partial charge in [-0.25, -0.2) is 0 Å². The molecule has 0 aromatic heterocycles. The molecule has 1 saturated heterocycles. The molecule has 0 aromatic rings. The molecule has 0 radical (unpaired) electrons. The number of nitrogens with one attached hydrogen (secondary N) is 1. The van der Waals surface area contributed by atoms with E-state index in [0.29, 0.717) is 12.5 Å². The topological polar surface area (TPSA) is 46.2 Å². The number of hydrogen-bond acceptors (Lipinski definition) is 2. The molecule has 0 unspecified atom stereocenters. The first kappa shape index (κ1) is 9.96. The summed E-state index contributed by atoms with van der Waals surface area (Å²) in [6.07, 6.45) is 6.84. The van der Waals surface area contributed by atoms with E-state index >= 15 is 0 Å². The normalized spacial score (nSPS) is 22.2. The zero-order valence-electron chi connectivity index (χ0n) is 7.88. The van der Waals surface area contributed by atoms with E-state index in [0.717, 1.165) is 19.3 Å². The fourth-order valence-electron chi connectivity index (χ4n) is 1.44. The number of allylic oxidation sites excluding steroid dienone is 2. The van der Waals surface area contributed by atoms with Gasteiger partial charge in [0.15, 0.2) is 5.78 Å². The van der Waals surface area contributed by atoms with Crippen LogP contribution in [0.3, 0.4) is 0 Å². The number of ketones is 1. The van der Waals surface area contributed by atoms with Crippen LogP contribution in [0, 0.1) is 0 Å². The van der Waals surface area contributed by atoms with Gasteiger partial charge in [-0.05, 0) is 32.3 Å². The van der Waals surface area contributed by atoms with E-state index in [9.17, 15) is 9.59 Å². The Balaban J connectivity index is 2.13. The highest BCUT2D eigenvalue weighted by Gasteiger charge is 2.19. The molecule has 1 aliphatic rings. The summed E-state index contributed by atoms with van der Waals surface area (Å²) in [6, 6.07) is 0.323. The largest absolute Gasteiger partial charge is 0.353 e. The molecule has 3 nitrogen and oxygen atoms in total. The van der Waals surface area contributed by atoms with Crippen LogP contribution in [0.4, 0.5) is 0 Å². The van der Waals surface area contributed by atoms with Gasteiger partial charge in [-0.2, -0.15) is 0 Å². The fourth-order valence-corrected chi connectivity index (χ4v) is 1.44. The molecule has 1 fully saturated rings. The first-order valence-corrected chi connectivity index (χ1v) is 4.65. The smallest absolute Gasteiger partial charge is 0.220 e. The van der Waals surface area contributed by atoms with Gasteiger partial charge in [0.1, 0.15) is 0 Å². The Morgan fingerprint density at radius 1 is 1.69 bits per heavy atom. The highest BCUT2D eigenvalue weighted by Crippen LogP contribution is 2.11. The first-order chi connectivity index (χ1) is 6.18. The average molecular weight is 181 g/mol. The van der Waals surface area contributed by atoms with Gasteiger partial charge in [-0.3, -0.25) is 9.59 Å². The Labute approximate surface area is 78.2 Å². The van der Waals surface area contributed by atoms with Crippen LogP contribution in [0.5, 0.6) is 0 Å². The first-order valence-electron chi connectivity index (χ1n) is 4.65. The van der Waals surface area contributed by atoms with Crippen LogP contribution in [-0.2, 0) is 9.59 Å². The fraction of sp³-hybridized carbons (Fsp3) is 0.600. The van der Waals surface area contributed by atoms with Gasteiger partial charge in [0.2, 0.25) is 5.91 Å². The Kier molecular flexibility index (Phi) is 3.68. The van der Waals surface area contributed by atoms with Crippen molar-refractivity contribution in [3.63, 3.8) is 0 Å². The lowest BCUT2D eigenvalue weighted by Gasteiger charge is -2.06. The van der Waals surface area contributed by atoms with Crippen LogP contribution in [0.25, 0.3) is 0 Å². The van der Waals surface area contributed by atoms with Gasteiger partial charge in [-0.1, -0.05) is 6.08 Å². The second kappa shape index (κ2) is 4.80. The zero-order valence-corrected chi connectivity index (χ0v) is 7.88. The predicted octanol–water partition coefficient (Wildman–Crippen LogP) is 1.19. The molecule has 0 aromatic carbocycles. The number of amides is 1. The molecular formula is C10H15NO2. The standard InChI is InChI=1S/C10H15NO2/c1-8(12)4-2-3-5-9-6-7-10(13)11-9/h2,4,9H,3,5-7H2,1H3,(H,11,13)/b4-2+/t9-/m0/s1. The summed E-state index contributed by atoms with van der Waals surface area (Å²) in [5.41, 5.74) is 0. The molecule has 0 aliphatic carbocycles. The summed E-state index contributed by atoms with van der Waals surface area (Å²) >= 11 is 0. The van der Waals surface area contributed by atoms with E-state index < -0.39 is 0 Å². The van der Waals surface area contributed by atoms with Crippen LogP contribution in [0.15, 0.2) is 12.2 Å². The monoisotopic (exact) mass is 181 g/mol. The number of hydrogen-bond donors (Lipinski definition) is 1. The minimum atomic E-state index is 0.0791. The molecule has 1 rings (SSSR count). The summed E-state index contributed by atoms with van der Waals surface area (Å²) in [6.45, 7) is 1.54. The van der Waals surface area contributed by atoms with Crippen molar-refractivity contribution in [2.45, 2.75) is 38.6 Å². The van der Waals surface area contributed by atoms with Gasteiger partial charge in [0.25, 0.3) is 0 Å². The van der Waals surface area contributed by atoms with Gasteiger partial charge in [-0.15, -0.1) is 0 Å². The molecule has 0 bridgehead atoms. The minimum absolute atomic E-state index is 0.0791. The van der Waals surface area contributed by atoms with E-state index in [1.54, 1.807) is 6.08 Å². The van der Waals surface area contributed by atoms with Gasteiger partial charge >= 0.3 is 0 Å². The Morgan fingerprint density at radius 3 is 3.00 bits per heavy atom. The third kappa shape index (κ3) is 3.87. The maximum atomic E-state index is 10.8. The summed E-state index contributed by atoms with van der Waals surface area (Å²) in [4.78, 5) is 21.3. The molecule has 1 aliphatic heterocycles. The van der Waals surface area contributed by atoms with Crippen LogP contribution < -0.4 is 5.32 Å². The highest BCUT2D eigenvalue weighted by molar-refractivity contribution is 5.87. The lowest BCUT2D eigenvalue weighted by Crippen LogP contribution is -2.24. The molecule has 1 atom stereocenters. The predicted molar refractivity (Wildman–Crippen MR) is 50.2 cm³/mol. The Morgan fingerprint density at radius 2 is 2.46 bits per heavy atom. The maximum Gasteiger partial charge on any atom is 0.220 e. The van der Waals surface area contributed by atoms with Crippen molar-refractivity contribution in [2.75, 3.05) is 0 Å². The lowest BCUT2D eigenvalue weighted by molar-refractivity contribution is -0.119. The van der Waals surface area contributed by atoms with Crippen molar-refractivity contribution in [1.29, 1.82) is 0 Å². The van der Waals surface area contributed by atoms with E-state index in [4.69, 9.17) is 0 Å². The third-order valence-electron chi connectivity index (χ3n) is 2.12. The summed E-state index contributed by atoms with van der Waals surface area (Å²) in [5, 5.41) is 2.88. The van der Waals surface area contributed by atoms with Crippen molar-refractivity contribution >= 4 is 11.7 Å². The number of carbonyl (C=O) groups is 2. The van der Waals surface area contributed by atoms with Crippen LogP contribution in [-0.4, -0.2) is 17.7 Å². The van der Waals surface area contributed by atoms with E-state index in [-0.39, 0.29) is 11.7 Å². The molecular weight excluding hydrogens is 166 g/mol.